The number of anilines is 6. The minimum absolute atomic E-state index is 0.296. The van der Waals surface area contributed by atoms with E-state index in [0.29, 0.717) is 0 Å². The zero-order valence-corrected chi connectivity index (χ0v) is 33.4. The standard InChI is InChI=1S/C55H34F2N2O2/c1-29-26-47-51-42(41-27-33(57)20-23-43(41)59(47)45-15-9-13-38-36-11-5-7-17-49(36)61-55(38)45)28-40-30(2)25-46(50-31(3)24-39(29)53(51)52(40)50)58(34-21-18-32(56)19-22-34)44-14-8-12-37-35-10-4-6-16-48(35)60-54(37)44/h4-28H,1-3H3. The second-order valence-electron chi connectivity index (χ2n) is 16.5. The van der Waals surface area contributed by atoms with Crippen molar-refractivity contribution in [2.45, 2.75) is 20.8 Å². The summed E-state index contributed by atoms with van der Waals surface area (Å²) in [5.74, 6) is -0.604. The Hall–Kier alpha value is -7.70. The first-order valence-corrected chi connectivity index (χ1v) is 20.5. The topological polar surface area (TPSA) is 32.8 Å². The van der Waals surface area contributed by atoms with Crippen molar-refractivity contribution in [3.05, 3.63) is 180 Å². The van der Waals surface area contributed by atoms with Crippen molar-refractivity contribution in [2.24, 2.45) is 0 Å². The van der Waals surface area contributed by atoms with Crippen LogP contribution in [0.2, 0.25) is 0 Å². The molecular weight excluding hydrogens is 759 g/mol. The zero-order valence-electron chi connectivity index (χ0n) is 33.4. The summed E-state index contributed by atoms with van der Waals surface area (Å²) in [7, 11) is 0. The zero-order chi connectivity index (χ0) is 40.8. The van der Waals surface area contributed by atoms with E-state index in [1.807, 2.05) is 54.6 Å². The number of nitrogens with zero attached hydrogens (tertiary/aromatic N) is 2. The number of rotatable bonds is 4. The van der Waals surface area contributed by atoms with Crippen LogP contribution < -0.4 is 9.80 Å². The second kappa shape index (κ2) is 12.2. The van der Waals surface area contributed by atoms with Crippen LogP contribution in [0.5, 0.6) is 0 Å². The van der Waals surface area contributed by atoms with Crippen LogP contribution in [0.4, 0.5) is 42.9 Å². The van der Waals surface area contributed by atoms with Gasteiger partial charge in [-0.05, 0) is 139 Å². The molecular formula is C55H34F2N2O2. The minimum Gasteiger partial charge on any atom is -0.454 e. The van der Waals surface area contributed by atoms with Gasteiger partial charge in [-0.3, -0.25) is 0 Å². The number of fused-ring (bicyclic) bond motifs is 8. The number of aryl methyl sites for hydroxylation is 3. The number of hydrogen-bond donors (Lipinski definition) is 0. The van der Waals surface area contributed by atoms with Crippen molar-refractivity contribution in [2.75, 3.05) is 9.80 Å². The van der Waals surface area contributed by atoms with Crippen LogP contribution in [-0.4, -0.2) is 0 Å². The summed E-state index contributed by atoms with van der Waals surface area (Å²) < 4.78 is 43.7. The quantitative estimate of drug-likeness (QED) is 0.166. The van der Waals surface area contributed by atoms with Crippen molar-refractivity contribution in [3.63, 3.8) is 0 Å². The van der Waals surface area contributed by atoms with Crippen molar-refractivity contribution in [1.82, 2.24) is 0 Å². The SMILES string of the molecule is Cc1cc(N(c2ccc(F)cc2)c2cccc3c2oc2ccccc23)c2c(C)cc3c(C)cc4c5c(cc1c2c35)-c1cc(F)ccc1N4c1cccc2c1oc1ccccc12. The molecule has 1 aliphatic rings. The molecule has 61 heavy (non-hydrogen) atoms. The molecule has 290 valence electrons. The summed E-state index contributed by atoms with van der Waals surface area (Å²) in [6.07, 6.45) is 0. The third-order valence-corrected chi connectivity index (χ3v) is 13.0. The van der Waals surface area contributed by atoms with Crippen molar-refractivity contribution in [3.8, 4) is 11.1 Å². The Morgan fingerprint density at radius 2 is 1.03 bits per heavy atom. The molecule has 2 aromatic heterocycles. The highest BCUT2D eigenvalue weighted by atomic mass is 19.1. The Morgan fingerprint density at radius 1 is 0.410 bits per heavy atom. The van der Waals surface area contributed by atoms with Gasteiger partial charge < -0.3 is 18.6 Å². The third-order valence-electron chi connectivity index (χ3n) is 13.0. The summed E-state index contributed by atoms with van der Waals surface area (Å²) in [5, 5.41) is 10.7. The first-order chi connectivity index (χ1) is 29.8. The summed E-state index contributed by atoms with van der Waals surface area (Å²) in [4.78, 5) is 4.48. The van der Waals surface area contributed by atoms with Gasteiger partial charge in [0.15, 0.2) is 11.2 Å². The highest BCUT2D eigenvalue weighted by molar-refractivity contribution is 6.34. The summed E-state index contributed by atoms with van der Waals surface area (Å²) in [6.45, 7) is 6.52. The summed E-state index contributed by atoms with van der Waals surface area (Å²) >= 11 is 0. The predicted octanol–water partition coefficient (Wildman–Crippen LogP) is 16.5. The maximum atomic E-state index is 15.6. The average molecular weight is 793 g/mol. The molecule has 0 N–H and O–H groups in total. The average Bonchev–Trinajstić information content (AvgIpc) is 3.85. The van der Waals surface area contributed by atoms with Crippen LogP contribution >= 0.6 is 0 Å². The first-order valence-electron chi connectivity index (χ1n) is 20.5. The molecule has 3 heterocycles. The van der Waals surface area contributed by atoms with Crippen LogP contribution in [0.25, 0.3) is 87.3 Å². The summed E-state index contributed by atoms with van der Waals surface area (Å²) in [5.41, 5.74) is 13.6. The monoisotopic (exact) mass is 792 g/mol. The predicted molar refractivity (Wildman–Crippen MR) is 247 cm³/mol. The number of para-hydroxylation sites is 4. The maximum absolute atomic E-state index is 15.6. The van der Waals surface area contributed by atoms with Gasteiger partial charge in [0.1, 0.15) is 22.8 Å². The molecule has 0 bridgehead atoms. The van der Waals surface area contributed by atoms with E-state index in [0.717, 1.165) is 138 Å². The lowest BCUT2D eigenvalue weighted by molar-refractivity contribution is 0.627. The Kier molecular flexibility index (Phi) is 6.83. The Morgan fingerprint density at radius 3 is 1.80 bits per heavy atom. The lowest BCUT2D eigenvalue weighted by Gasteiger charge is -2.35. The van der Waals surface area contributed by atoms with Gasteiger partial charge in [0.25, 0.3) is 0 Å². The molecule has 0 amide bonds. The van der Waals surface area contributed by atoms with Crippen molar-refractivity contribution in [1.29, 1.82) is 0 Å². The lowest BCUT2D eigenvalue weighted by atomic mass is 9.81. The molecule has 0 saturated carbocycles. The third kappa shape index (κ3) is 4.62. The maximum Gasteiger partial charge on any atom is 0.159 e. The molecule has 10 aromatic carbocycles. The van der Waals surface area contributed by atoms with E-state index in [4.69, 9.17) is 8.83 Å². The Balaban J connectivity index is 1.17. The molecule has 0 radical (unpaired) electrons. The van der Waals surface area contributed by atoms with Crippen molar-refractivity contribution >= 4 is 110 Å². The minimum atomic E-state index is -0.307. The molecule has 13 rings (SSSR count). The molecule has 0 fully saturated rings. The highest BCUT2D eigenvalue weighted by Crippen LogP contribution is 2.58. The normalized spacial score (nSPS) is 12.6. The van der Waals surface area contributed by atoms with Gasteiger partial charge in [0.05, 0.1) is 28.4 Å². The van der Waals surface area contributed by atoms with Gasteiger partial charge in [-0.15, -0.1) is 0 Å². The Bertz CT molecular complexity index is 3840. The van der Waals surface area contributed by atoms with E-state index in [-0.39, 0.29) is 11.6 Å². The van der Waals surface area contributed by atoms with E-state index in [9.17, 15) is 4.39 Å². The van der Waals surface area contributed by atoms with E-state index < -0.39 is 0 Å². The van der Waals surface area contributed by atoms with Gasteiger partial charge in [0.2, 0.25) is 0 Å². The fourth-order valence-electron chi connectivity index (χ4n) is 10.4. The smallest absolute Gasteiger partial charge is 0.159 e. The molecule has 12 aromatic rings. The van der Waals surface area contributed by atoms with Gasteiger partial charge in [-0.2, -0.15) is 0 Å². The molecule has 6 heteroatoms. The van der Waals surface area contributed by atoms with E-state index in [1.54, 1.807) is 12.1 Å². The number of halogens is 2. The van der Waals surface area contributed by atoms with Crippen molar-refractivity contribution < 1.29 is 17.6 Å². The molecule has 0 atom stereocenters. The van der Waals surface area contributed by atoms with E-state index >= 15 is 4.39 Å². The van der Waals surface area contributed by atoms with Crippen LogP contribution in [0, 0.1) is 32.4 Å². The van der Waals surface area contributed by atoms with Crippen LogP contribution in [0.15, 0.2) is 160 Å². The number of hydrogen-bond acceptors (Lipinski definition) is 4. The Labute approximate surface area is 348 Å². The molecule has 0 unspecified atom stereocenters. The fourth-order valence-corrected chi connectivity index (χ4v) is 10.4. The number of benzene rings is 10. The first kappa shape index (κ1) is 34.2. The van der Waals surface area contributed by atoms with Gasteiger partial charge in [0, 0.05) is 54.3 Å². The second-order valence-corrected chi connectivity index (χ2v) is 16.5. The van der Waals surface area contributed by atoms with Crippen LogP contribution in [0.3, 0.4) is 0 Å². The molecule has 0 saturated heterocycles. The largest absolute Gasteiger partial charge is 0.454 e. The molecule has 0 aliphatic carbocycles. The van der Waals surface area contributed by atoms with Crippen LogP contribution in [0.1, 0.15) is 16.7 Å². The van der Waals surface area contributed by atoms with E-state index in [2.05, 4.69) is 103 Å². The van der Waals surface area contributed by atoms with Gasteiger partial charge >= 0.3 is 0 Å². The fraction of sp³-hybridized carbons (Fsp3) is 0.0545. The van der Waals surface area contributed by atoms with E-state index in [1.165, 1.54) is 12.1 Å². The molecule has 4 nitrogen and oxygen atoms in total. The number of furan rings is 2. The van der Waals surface area contributed by atoms with Gasteiger partial charge in [-0.25, -0.2) is 8.78 Å². The molecule has 1 aliphatic heterocycles. The highest BCUT2D eigenvalue weighted by Gasteiger charge is 2.33. The lowest BCUT2D eigenvalue weighted by Crippen LogP contribution is -2.16. The summed E-state index contributed by atoms with van der Waals surface area (Å²) in [6, 6.07) is 49.6. The van der Waals surface area contributed by atoms with Gasteiger partial charge in [-0.1, -0.05) is 66.7 Å². The van der Waals surface area contributed by atoms with Crippen LogP contribution in [-0.2, 0) is 0 Å². The molecule has 0 spiro atoms.